The summed E-state index contributed by atoms with van der Waals surface area (Å²) in [6, 6.07) is 4.01. The van der Waals surface area contributed by atoms with Crippen LogP contribution in [0.4, 0.5) is 5.69 Å². The van der Waals surface area contributed by atoms with E-state index in [-0.39, 0.29) is 0 Å². The SMILES string of the molecule is CSC1(CNc2ccnc3cc(Br)cnc23)CCC1. The standard InChI is InChI=1S/C14H16BrN3S/c1-19-14(4-2-5-14)9-18-11-3-6-16-12-7-10(15)8-17-13(11)12/h3,6-8H,2,4-5,9H2,1H3,(H,16,18). The number of fused-ring (bicyclic) bond motifs is 1. The Kier molecular flexibility index (Phi) is 3.67. The van der Waals surface area contributed by atoms with E-state index in [4.69, 9.17) is 0 Å². The molecule has 5 heteroatoms. The topological polar surface area (TPSA) is 37.8 Å². The van der Waals surface area contributed by atoms with Gasteiger partial charge in [-0.2, -0.15) is 11.8 Å². The minimum atomic E-state index is 0.422. The van der Waals surface area contributed by atoms with E-state index in [2.05, 4.69) is 37.5 Å². The van der Waals surface area contributed by atoms with Gasteiger partial charge in [-0.05, 0) is 47.2 Å². The molecule has 3 nitrogen and oxygen atoms in total. The van der Waals surface area contributed by atoms with Gasteiger partial charge in [-0.25, -0.2) is 0 Å². The Hall–Kier alpha value is -0.810. The number of aromatic nitrogens is 2. The van der Waals surface area contributed by atoms with E-state index in [0.29, 0.717) is 4.75 Å². The van der Waals surface area contributed by atoms with Crippen LogP contribution in [0.3, 0.4) is 0 Å². The maximum atomic E-state index is 4.47. The Balaban J connectivity index is 1.84. The van der Waals surface area contributed by atoms with Gasteiger partial charge in [0.25, 0.3) is 0 Å². The van der Waals surface area contributed by atoms with Crippen LogP contribution in [0.2, 0.25) is 0 Å². The third-order valence-corrected chi connectivity index (χ3v) is 5.70. The van der Waals surface area contributed by atoms with E-state index in [1.54, 1.807) is 0 Å². The van der Waals surface area contributed by atoms with Crippen LogP contribution in [0.25, 0.3) is 11.0 Å². The lowest BCUT2D eigenvalue weighted by Gasteiger charge is -2.40. The van der Waals surface area contributed by atoms with Gasteiger partial charge in [-0.1, -0.05) is 6.42 Å². The fourth-order valence-electron chi connectivity index (χ4n) is 2.43. The lowest BCUT2D eigenvalue weighted by atomic mass is 9.84. The predicted octanol–water partition coefficient (Wildman–Crippen LogP) is 4.09. The first-order valence-electron chi connectivity index (χ1n) is 6.42. The molecule has 100 valence electrons. The van der Waals surface area contributed by atoms with E-state index in [9.17, 15) is 0 Å². The molecule has 0 aromatic carbocycles. The zero-order valence-corrected chi connectivity index (χ0v) is 13.2. The van der Waals surface area contributed by atoms with Crippen molar-refractivity contribution in [1.29, 1.82) is 0 Å². The summed E-state index contributed by atoms with van der Waals surface area (Å²) in [6.07, 6.45) is 9.84. The molecule has 0 saturated heterocycles. The second kappa shape index (κ2) is 5.29. The Bertz CT molecular complexity index is 593. The second-order valence-electron chi connectivity index (χ2n) is 4.97. The zero-order valence-electron chi connectivity index (χ0n) is 10.8. The maximum absolute atomic E-state index is 4.47. The minimum absolute atomic E-state index is 0.422. The van der Waals surface area contributed by atoms with Crippen LogP contribution >= 0.6 is 27.7 Å². The number of rotatable bonds is 4. The first-order chi connectivity index (χ1) is 9.22. The second-order valence-corrected chi connectivity index (χ2v) is 7.16. The predicted molar refractivity (Wildman–Crippen MR) is 85.8 cm³/mol. The number of anilines is 1. The minimum Gasteiger partial charge on any atom is -0.382 e. The molecule has 2 heterocycles. The van der Waals surface area contributed by atoms with Gasteiger partial charge in [0.2, 0.25) is 0 Å². The molecular formula is C14H16BrN3S. The largest absolute Gasteiger partial charge is 0.382 e. The van der Waals surface area contributed by atoms with Crippen molar-refractivity contribution in [3.05, 3.63) is 29.0 Å². The summed E-state index contributed by atoms with van der Waals surface area (Å²) in [5.74, 6) is 0. The molecule has 2 aromatic heterocycles. The number of pyridine rings is 2. The van der Waals surface area contributed by atoms with Crippen LogP contribution in [0.5, 0.6) is 0 Å². The van der Waals surface area contributed by atoms with Gasteiger partial charge in [-0.15, -0.1) is 0 Å². The van der Waals surface area contributed by atoms with Crippen LogP contribution in [0.1, 0.15) is 19.3 Å². The van der Waals surface area contributed by atoms with Crippen LogP contribution in [-0.2, 0) is 0 Å². The maximum Gasteiger partial charge on any atom is 0.112 e. The molecular weight excluding hydrogens is 322 g/mol. The monoisotopic (exact) mass is 337 g/mol. The normalized spacial score (nSPS) is 17.2. The van der Waals surface area contributed by atoms with Crippen LogP contribution in [-0.4, -0.2) is 27.5 Å². The Morgan fingerprint density at radius 2 is 2.26 bits per heavy atom. The van der Waals surface area contributed by atoms with Crippen LogP contribution < -0.4 is 5.32 Å². The first kappa shape index (κ1) is 13.2. The van der Waals surface area contributed by atoms with Gasteiger partial charge < -0.3 is 5.32 Å². The Morgan fingerprint density at radius 3 is 2.95 bits per heavy atom. The number of thioether (sulfide) groups is 1. The van der Waals surface area contributed by atoms with Crippen molar-refractivity contribution in [2.75, 3.05) is 18.1 Å². The molecule has 1 aliphatic carbocycles. The van der Waals surface area contributed by atoms with Gasteiger partial charge in [0.1, 0.15) is 5.52 Å². The molecule has 1 saturated carbocycles. The molecule has 3 rings (SSSR count). The van der Waals surface area contributed by atoms with Gasteiger partial charge in [-0.3, -0.25) is 9.97 Å². The average Bonchev–Trinajstić information content (AvgIpc) is 2.37. The third-order valence-electron chi connectivity index (χ3n) is 3.84. The number of nitrogens with zero attached hydrogens (tertiary/aromatic N) is 2. The summed E-state index contributed by atoms with van der Waals surface area (Å²) in [5, 5.41) is 3.56. The van der Waals surface area contributed by atoms with Crippen molar-refractivity contribution in [3.8, 4) is 0 Å². The zero-order chi connectivity index (χ0) is 13.3. The molecule has 19 heavy (non-hydrogen) atoms. The highest BCUT2D eigenvalue weighted by Crippen LogP contribution is 2.42. The van der Waals surface area contributed by atoms with Crippen LogP contribution in [0.15, 0.2) is 29.0 Å². The summed E-state index contributed by atoms with van der Waals surface area (Å²) in [4.78, 5) is 8.84. The first-order valence-corrected chi connectivity index (χ1v) is 8.43. The fraction of sp³-hybridized carbons (Fsp3) is 0.429. The van der Waals surface area contributed by atoms with Crippen LogP contribution in [0, 0.1) is 0 Å². The molecule has 0 spiro atoms. The van der Waals surface area contributed by atoms with E-state index < -0.39 is 0 Å². The summed E-state index contributed by atoms with van der Waals surface area (Å²) >= 11 is 5.41. The summed E-state index contributed by atoms with van der Waals surface area (Å²) in [6.45, 7) is 1.00. The number of hydrogen-bond acceptors (Lipinski definition) is 4. The van der Waals surface area contributed by atoms with Gasteiger partial charge in [0.05, 0.1) is 11.2 Å². The number of hydrogen-bond donors (Lipinski definition) is 1. The van der Waals surface area contributed by atoms with E-state index in [1.165, 1.54) is 19.3 Å². The third kappa shape index (κ3) is 2.58. The molecule has 1 aliphatic rings. The lowest BCUT2D eigenvalue weighted by Crippen LogP contribution is -2.40. The Morgan fingerprint density at radius 1 is 1.42 bits per heavy atom. The van der Waals surface area contributed by atoms with Crippen molar-refractivity contribution in [2.24, 2.45) is 0 Å². The summed E-state index contributed by atoms with van der Waals surface area (Å²) < 4.78 is 1.38. The van der Waals surface area contributed by atoms with Crippen molar-refractivity contribution >= 4 is 44.4 Å². The fourth-order valence-corrected chi connectivity index (χ4v) is 3.66. The van der Waals surface area contributed by atoms with E-state index >= 15 is 0 Å². The average molecular weight is 338 g/mol. The van der Waals surface area contributed by atoms with Crippen molar-refractivity contribution < 1.29 is 0 Å². The van der Waals surface area contributed by atoms with Crippen molar-refractivity contribution in [2.45, 2.75) is 24.0 Å². The van der Waals surface area contributed by atoms with E-state index in [1.807, 2.05) is 36.3 Å². The Labute approximate surface area is 125 Å². The van der Waals surface area contributed by atoms with Gasteiger partial charge in [0.15, 0.2) is 0 Å². The molecule has 1 fully saturated rings. The molecule has 0 bridgehead atoms. The molecule has 0 aliphatic heterocycles. The van der Waals surface area contributed by atoms with E-state index in [0.717, 1.165) is 27.7 Å². The highest BCUT2D eigenvalue weighted by molar-refractivity contribution is 9.10. The van der Waals surface area contributed by atoms with Crippen molar-refractivity contribution in [1.82, 2.24) is 9.97 Å². The van der Waals surface area contributed by atoms with Gasteiger partial charge >= 0.3 is 0 Å². The molecule has 0 unspecified atom stereocenters. The molecule has 0 amide bonds. The quantitative estimate of drug-likeness (QED) is 0.911. The smallest absolute Gasteiger partial charge is 0.112 e. The van der Waals surface area contributed by atoms with Gasteiger partial charge in [0, 0.05) is 28.2 Å². The molecule has 1 N–H and O–H groups in total. The molecule has 0 radical (unpaired) electrons. The summed E-state index contributed by atoms with van der Waals surface area (Å²) in [7, 11) is 0. The lowest BCUT2D eigenvalue weighted by molar-refractivity contribution is 0.380. The number of halogens is 1. The summed E-state index contributed by atoms with van der Waals surface area (Å²) in [5.41, 5.74) is 2.95. The highest BCUT2D eigenvalue weighted by Gasteiger charge is 2.35. The highest BCUT2D eigenvalue weighted by atomic mass is 79.9. The molecule has 2 aromatic rings. The molecule has 0 atom stereocenters. The number of nitrogens with one attached hydrogen (secondary N) is 1. The van der Waals surface area contributed by atoms with Crippen molar-refractivity contribution in [3.63, 3.8) is 0 Å².